The molecule has 0 bridgehead atoms. The summed E-state index contributed by atoms with van der Waals surface area (Å²) in [5.41, 5.74) is 6.14. The number of nitrogens with two attached hydrogens (primary N) is 1. The number of nitrogens with zero attached hydrogens (tertiary/aromatic N) is 4. The van der Waals surface area contributed by atoms with Crippen molar-refractivity contribution in [2.45, 2.75) is 0 Å². The zero-order valence-corrected chi connectivity index (χ0v) is 8.58. The lowest BCUT2D eigenvalue weighted by Gasteiger charge is -1.95. The summed E-state index contributed by atoms with van der Waals surface area (Å²) >= 11 is 1.22. The third kappa shape index (κ3) is 1.41. The molecule has 0 fully saturated rings. The van der Waals surface area contributed by atoms with Crippen molar-refractivity contribution >= 4 is 17.5 Å². The minimum Gasteiger partial charge on any atom is -0.481 e. The number of methoxy groups -OCH3 is 1. The minimum absolute atomic E-state index is 0.273. The SMILES string of the molecule is COc1cc(-c2nc(N)ns2)nn1C. The van der Waals surface area contributed by atoms with Gasteiger partial charge in [0.2, 0.25) is 11.8 Å². The highest BCUT2D eigenvalue weighted by molar-refractivity contribution is 7.09. The summed E-state index contributed by atoms with van der Waals surface area (Å²) < 4.78 is 10.6. The summed E-state index contributed by atoms with van der Waals surface area (Å²) in [7, 11) is 3.39. The summed E-state index contributed by atoms with van der Waals surface area (Å²) in [6.45, 7) is 0. The Morgan fingerprint density at radius 3 is 2.86 bits per heavy atom. The molecule has 74 valence electrons. The summed E-state index contributed by atoms with van der Waals surface area (Å²) in [6.07, 6.45) is 0. The summed E-state index contributed by atoms with van der Waals surface area (Å²) in [6, 6.07) is 1.79. The molecule has 0 atom stereocenters. The fourth-order valence-corrected chi connectivity index (χ4v) is 1.63. The molecule has 2 aromatic rings. The van der Waals surface area contributed by atoms with Crippen LogP contribution in [0.4, 0.5) is 5.95 Å². The van der Waals surface area contributed by atoms with Crippen LogP contribution >= 0.6 is 11.5 Å². The standard InChI is InChI=1S/C7H9N5OS/c1-12-5(13-2)3-4(10-12)6-9-7(8)11-14-6/h3H,1-2H3,(H2,8,11). The van der Waals surface area contributed by atoms with Crippen molar-refractivity contribution in [3.8, 4) is 16.6 Å². The van der Waals surface area contributed by atoms with Gasteiger partial charge in [-0.05, 0) is 11.5 Å². The molecule has 0 aliphatic carbocycles. The Hall–Kier alpha value is -1.63. The Balaban J connectivity index is 2.42. The van der Waals surface area contributed by atoms with Crippen LogP contribution in [0.5, 0.6) is 5.88 Å². The molecule has 2 N–H and O–H groups in total. The van der Waals surface area contributed by atoms with Gasteiger partial charge in [-0.1, -0.05) is 0 Å². The molecule has 0 aromatic carbocycles. The number of anilines is 1. The molecule has 6 nitrogen and oxygen atoms in total. The van der Waals surface area contributed by atoms with Gasteiger partial charge < -0.3 is 10.5 Å². The van der Waals surface area contributed by atoms with Crippen LogP contribution in [0.2, 0.25) is 0 Å². The average molecular weight is 211 g/mol. The smallest absolute Gasteiger partial charge is 0.232 e. The minimum atomic E-state index is 0.273. The quantitative estimate of drug-likeness (QED) is 0.783. The topological polar surface area (TPSA) is 78.8 Å². The zero-order chi connectivity index (χ0) is 10.1. The third-order valence-corrected chi connectivity index (χ3v) is 2.46. The van der Waals surface area contributed by atoms with Gasteiger partial charge in [-0.2, -0.15) is 14.5 Å². The van der Waals surface area contributed by atoms with Gasteiger partial charge in [-0.15, -0.1) is 0 Å². The first-order chi connectivity index (χ1) is 6.70. The van der Waals surface area contributed by atoms with Gasteiger partial charge in [0.1, 0.15) is 5.69 Å². The van der Waals surface area contributed by atoms with E-state index in [0.29, 0.717) is 10.9 Å². The van der Waals surface area contributed by atoms with Crippen LogP contribution in [0.25, 0.3) is 10.7 Å². The van der Waals surface area contributed by atoms with E-state index in [4.69, 9.17) is 10.5 Å². The molecule has 2 aromatic heterocycles. The molecule has 0 unspecified atom stereocenters. The number of aryl methyl sites for hydroxylation is 1. The van der Waals surface area contributed by atoms with Crippen molar-refractivity contribution in [1.82, 2.24) is 19.1 Å². The molecular weight excluding hydrogens is 202 g/mol. The van der Waals surface area contributed by atoms with E-state index in [2.05, 4.69) is 14.5 Å². The monoisotopic (exact) mass is 211 g/mol. The number of nitrogen functional groups attached to an aromatic ring is 1. The molecular formula is C7H9N5OS. The summed E-state index contributed by atoms with van der Waals surface area (Å²) in [5, 5.41) is 4.90. The van der Waals surface area contributed by atoms with Gasteiger partial charge in [-0.3, -0.25) is 0 Å². The van der Waals surface area contributed by atoms with E-state index in [9.17, 15) is 0 Å². The van der Waals surface area contributed by atoms with Gasteiger partial charge in [0.25, 0.3) is 0 Å². The van der Waals surface area contributed by atoms with Crippen LogP contribution in [0, 0.1) is 0 Å². The van der Waals surface area contributed by atoms with Crippen LogP contribution in [0.15, 0.2) is 6.07 Å². The van der Waals surface area contributed by atoms with Gasteiger partial charge in [0, 0.05) is 13.1 Å². The first-order valence-corrected chi connectivity index (χ1v) is 4.65. The Kier molecular flexibility index (Phi) is 2.08. The molecule has 0 saturated heterocycles. The van der Waals surface area contributed by atoms with Gasteiger partial charge >= 0.3 is 0 Å². The Bertz CT molecular complexity index is 449. The van der Waals surface area contributed by atoms with E-state index in [1.165, 1.54) is 11.5 Å². The van der Waals surface area contributed by atoms with Gasteiger partial charge in [0.05, 0.1) is 7.11 Å². The van der Waals surface area contributed by atoms with E-state index in [0.717, 1.165) is 5.69 Å². The summed E-state index contributed by atoms with van der Waals surface area (Å²) in [5.74, 6) is 0.948. The average Bonchev–Trinajstić information content (AvgIpc) is 2.71. The molecule has 14 heavy (non-hydrogen) atoms. The van der Waals surface area contributed by atoms with E-state index < -0.39 is 0 Å². The number of hydrogen-bond donors (Lipinski definition) is 1. The number of aromatic nitrogens is 4. The van der Waals surface area contributed by atoms with Gasteiger partial charge in [-0.25, -0.2) is 4.68 Å². The predicted molar refractivity (Wildman–Crippen MR) is 53.1 cm³/mol. The maximum absolute atomic E-state index is 5.42. The molecule has 0 amide bonds. The van der Waals surface area contributed by atoms with E-state index >= 15 is 0 Å². The van der Waals surface area contributed by atoms with Gasteiger partial charge in [0.15, 0.2) is 5.01 Å². The van der Waals surface area contributed by atoms with E-state index in [-0.39, 0.29) is 5.95 Å². The van der Waals surface area contributed by atoms with Crippen molar-refractivity contribution in [1.29, 1.82) is 0 Å². The van der Waals surface area contributed by atoms with Crippen molar-refractivity contribution in [2.75, 3.05) is 12.8 Å². The second-order valence-electron chi connectivity index (χ2n) is 2.65. The Morgan fingerprint density at radius 2 is 2.36 bits per heavy atom. The van der Waals surface area contributed by atoms with Crippen molar-refractivity contribution < 1.29 is 4.74 Å². The zero-order valence-electron chi connectivity index (χ0n) is 7.76. The lowest BCUT2D eigenvalue weighted by atomic mass is 10.4. The molecule has 0 spiro atoms. The fraction of sp³-hybridized carbons (Fsp3) is 0.286. The first-order valence-electron chi connectivity index (χ1n) is 3.88. The summed E-state index contributed by atoms with van der Waals surface area (Å²) in [4.78, 5) is 4.02. The molecule has 0 aliphatic rings. The van der Waals surface area contributed by atoms with Crippen LogP contribution in [-0.2, 0) is 7.05 Å². The predicted octanol–water partition coefficient (Wildman–Crippen LogP) is 0.529. The molecule has 2 rings (SSSR count). The molecule has 0 saturated carbocycles. The second-order valence-corrected chi connectivity index (χ2v) is 3.41. The molecule has 7 heteroatoms. The van der Waals surface area contributed by atoms with Crippen molar-refractivity contribution in [3.05, 3.63) is 6.07 Å². The number of rotatable bonds is 2. The lowest BCUT2D eigenvalue weighted by Crippen LogP contribution is -1.94. The molecule has 0 radical (unpaired) electrons. The van der Waals surface area contributed by atoms with Crippen LogP contribution in [-0.4, -0.2) is 26.2 Å². The lowest BCUT2D eigenvalue weighted by molar-refractivity contribution is 0.373. The highest BCUT2D eigenvalue weighted by atomic mass is 32.1. The fourth-order valence-electron chi connectivity index (χ4n) is 1.08. The van der Waals surface area contributed by atoms with Crippen LogP contribution < -0.4 is 10.5 Å². The maximum Gasteiger partial charge on any atom is 0.232 e. The highest BCUT2D eigenvalue weighted by Crippen LogP contribution is 2.24. The maximum atomic E-state index is 5.42. The number of hydrogen-bond acceptors (Lipinski definition) is 6. The van der Waals surface area contributed by atoms with Crippen molar-refractivity contribution in [2.24, 2.45) is 7.05 Å². The van der Waals surface area contributed by atoms with Crippen molar-refractivity contribution in [3.63, 3.8) is 0 Å². The normalized spacial score (nSPS) is 10.4. The second kappa shape index (κ2) is 3.26. The van der Waals surface area contributed by atoms with Crippen LogP contribution in [0.3, 0.4) is 0 Å². The largest absolute Gasteiger partial charge is 0.481 e. The van der Waals surface area contributed by atoms with E-state index in [1.54, 1.807) is 24.9 Å². The molecule has 2 heterocycles. The Labute approximate surface area is 84.5 Å². The van der Waals surface area contributed by atoms with E-state index in [1.807, 2.05) is 0 Å². The highest BCUT2D eigenvalue weighted by Gasteiger charge is 2.11. The number of ether oxygens (including phenoxy) is 1. The molecule has 0 aliphatic heterocycles. The van der Waals surface area contributed by atoms with Crippen LogP contribution in [0.1, 0.15) is 0 Å². The third-order valence-electron chi connectivity index (χ3n) is 1.71. The Morgan fingerprint density at radius 1 is 1.57 bits per heavy atom. The first kappa shape index (κ1) is 8.95.